The van der Waals surface area contributed by atoms with Crippen molar-refractivity contribution in [1.29, 1.82) is 0 Å². The van der Waals surface area contributed by atoms with E-state index in [9.17, 15) is 4.79 Å². The van der Waals surface area contributed by atoms with Crippen LogP contribution in [0.4, 0.5) is 11.5 Å². The van der Waals surface area contributed by atoms with Gasteiger partial charge in [-0.25, -0.2) is 9.97 Å². The highest BCUT2D eigenvalue weighted by Gasteiger charge is 2.37. The lowest BCUT2D eigenvalue weighted by molar-refractivity contribution is -0.117. The standard InChI is InChI=1S/C23H33ClN4O4Si/c1-23(2,3)33(6,7)32-11-10-18-26-21(24)20-22(27-18)28(19(29)13-25-20)14-15-8-9-16(30-4)12-17(15)31-5/h8-9,12,25H,10-11,13-14H2,1-7H3. The molecule has 0 saturated heterocycles. The third kappa shape index (κ3) is 5.59. The first-order chi connectivity index (χ1) is 15.5. The van der Waals surface area contributed by atoms with Crippen LogP contribution < -0.4 is 19.7 Å². The summed E-state index contributed by atoms with van der Waals surface area (Å²) in [5.74, 6) is 2.20. The van der Waals surface area contributed by atoms with E-state index in [2.05, 4.69) is 44.2 Å². The Morgan fingerprint density at radius 3 is 2.55 bits per heavy atom. The molecule has 0 fully saturated rings. The predicted octanol–water partition coefficient (Wildman–Crippen LogP) is 4.67. The number of anilines is 2. The minimum atomic E-state index is -1.88. The number of rotatable bonds is 8. The molecule has 0 bridgehead atoms. The number of fused-ring (bicyclic) bond motifs is 1. The molecule has 180 valence electrons. The zero-order valence-electron chi connectivity index (χ0n) is 20.4. The molecule has 8 nitrogen and oxygen atoms in total. The van der Waals surface area contributed by atoms with E-state index >= 15 is 0 Å². The summed E-state index contributed by atoms with van der Waals surface area (Å²) in [5, 5.41) is 3.46. The number of carbonyl (C=O) groups is 1. The van der Waals surface area contributed by atoms with Crippen molar-refractivity contribution in [1.82, 2.24) is 9.97 Å². The summed E-state index contributed by atoms with van der Waals surface area (Å²) in [4.78, 5) is 23.6. The zero-order valence-corrected chi connectivity index (χ0v) is 22.2. The van der Waals surface area contributed by atoms with Crippen LogP contribution in [0, 0.1) is 0 Å². The Balaban J connectivity index is 1.86. The largest absolute Gasteiger partial charge is 0.497 e. The van der Waals surface area contributed by atoms with E-state index in [1.165, 1.54) is 0 Å². The third-order valence-electron chi connectivity index (χ3n) is 6.28. The van der Waals surface area contributed by atoms with Crippen LogP contribution in [0.2, 0.25) is 23.3 Å². The maximum atomic E-state index is 12.8. The van der Waals surface area contributed by atoms with Gasteiger partial charge in [0.15, 0.2) is 19.3 Å². The summed E-state index contributed by atoms with van der Waals surface area (Å²) in [6.07, 6.45) is 0.507. The Morgan fingerprint density at radius 1 is 1.18 bits per heavy atom. The monoisotopic (exact) mass is 492 g/mol. The first-order valence-corrected chi connectivity index (χ1v) is 14.2. The fourth-order valence-corrected chi connectivity index (χ4v) is 4.53. The minimum Gasteiger partial charge on any atom is -0.497 e. The number of hydrogen-bond acceptors (Lipinski definition) is 7. The third-order valence-corrected chi connectivity index (χ3v) is 11.1. The maximum absolute atomic E-state index is 12.8. The highest BCUT2D eigenvalue weighted by atomic mass is 35.5. The van der Waals surface area contributed by atoms with Gasteiger partial charge in [-0.3, -0.25) is 9.69 Å². The normalized spacial score (nSPS) is 14.1. The van der Waals surface area contributed by atoms with Crippen LogP contribution in [0.1, 0.15) is 32.2 Å². The van der Waals surface area contributed by atoms with Crippen LogP contribution in [-0.4, -0.2) is 51.6 Å². The van der Waals surface area contributed by atoms with E-state index in [1.807, 2.05) is 12.1 Å². The highest BCUT2D eigenvalue weighted by Crippen LogP contribution is 2.37. The molecule has 1 N–H and O–H groups in total. The van der Waals surface area contributed by atoms with E-state index in [4.69, 9.17) is 30.5 Å². The maximum Gasteiger partial charge on any atom is 0.247 e. The van der Waals surface area contributed by atoms with Gasteiger partial charge in [0, 0.05) is 24.7 Å². The molecule has 0 spiro atoms. The van der Waals surface area contributed by atoms with Gasteiger partial charge < -0.3 is 19.2 Å². The number of nitrogens with one attached hydrogen (secondary N) is 1. The summed E-state index contributed by atoms with van der Waals surface area (Å²) in [6, 6.07) is 5.50. The number of methoxy groups -OCH3 is 2. The Kier molecular flexibility index (Phi) is 7.55. The average molecular weight is 493 g/mol. The molecule has 0 unspecified atom stereocenters. The topological polar surface area (TPSA) is 85.8 Å². The van der Waals surface area contributed by atoms with E-state index in [0.717, 1.165) is 5.56 Å². The Morgan fingerprint density at radius 2 is 1.91 bits per heavy atom. The number of aromatic nitrogens is 2. The molecule has 3 rings (SSSR count). The molecule has 10 heteroatoms. The van der Waals surface area contributed by atoms with Crippen LogP contribution in [0.15, 0.2) is 18.2 Å². The minimum absolute atomic E-state index is 0.112. The van der Waals surface area contributed by atoms with E-state index in [0.29, 0.717) is 47.0 Å². The Hall–Kier alpha value is -2.36. The van der Waals surface area contributed by atoms with Crippen LogP contribution in [0.3, 0.4) is 0 Å². The number of amides is 1. The number of benzene rings is 1. The smallest absolute Gasteiger partial charge is 0.247 e. The second kappa shape index (κ2) is 9.86. The van der Waals surface area contributed by atoms with Gasteiger partial charge in [-0.15, -0.1) is 0 Å². The molecule has 0 saturated carbocycles. The molecular weight excluding hydrogens is 460 g/mol. The number of carbonyl (C=O) groups excluding carboxylic acids is 1. The summed E-state index contributed by atoms with van der Waals surface area (Å²) in [6.45, 7) is 11.9. The summed E-state index contributed by atoms with van der Waals surface area (Å²) < 4.78 is 17.1. The van der Waals surface area contributed by atoms with Crippen molar-refractivity contribution in [3.05, 3.63) is 34.7 Å². The highest BCUT2D eigenvalue weighted by molar-refractivity contribution is 6.74. The number of hydrogen-bond donors (Lipinski definition) is 1. The zero-order chi connectivity index (χ0) is 24.4. The van der Waals surface area contributed by atoms with Crippen LogP contribution in [0.25, 0.3) is 0 Å². The van der Waals surface area contributed by atoms with Crippen molar-refractivity contribution >= 4 is 37.3 Å². The first kappa shape index (κ1) is 25.3. The number of ether oxygens (including phenoxy) is 2. The molecule has 1 aromatic carbocycles. The van der Waals surface area contributed by atoms with E-state index in [-0.39, 0.29) is 24.0 Å². The molecule has 0 radical (unpaired) electrons. The number of halogens is 1. The molecular formula is C23H33ClN4O4Si. The van der Waals surface area contributed by atoms with Crippen LogP contribution in [0.5, 0.6) is 11.5 Å². The molecule has 1 aliphatic heterocycles. The molecule has 33 heavy (non-hydrogen) atoms. The molecule has 1 aromatic heterocycles. The van der Waals surface area contributed by atoms with Crippen molar-refractivity contribution < 1.29 is 18.7 Å². The summed E-state index contributed by atoms with van der Waals surface area (Å²) >= 11 is 6.48. The Labute approximate surface area is 201 Å². The SMILES string of the molecule is COc1ccc(CN2C(=O)CNc3c(Cl)nc(CCO[Si](C)(C)C(C)(C)C)nc32)c(OC)c1. The van der Waals surface area contributed by atoms with Gasteiger partial charge in [-0.2, -0.15) is 0 Å². The lowest BCUT2D eigenvalue weighted by atomic mass is 10.1. The molecule has 2 heterocycles. The van der Waals surface area contributed by atoms with Gasteiger partial charge >= 0.3 is 0 Å². The van der Waals surface area contributed by atoms with Gasteiger partial charge in [0.25, 0.3) is 0 Å². The molecule has 1 amide bonds. The molecule has 0 aliphatic carbocycles. The second-order valence-corrected chi connectivity index (χ2v) is 14.7. The second-order valence-electron chi connectivity index (χ2n) is 9.50. The molecule has 0 atom stereocenters. The van der Waals surface area contributed by atoms with Gasteiger partial charge in [-0.1, -0.05) is 32.4 Å². The van der Waals surface area contributed by atoms with Gasteiger partial charge in [-0.05, 0) is 30.3 Å². The summed E-state index contributed by atoms with van der Waals surface area (Å²) in [7, 11) is 1.30. The van der Waals surface area contributed by atoms with Gasteiger partial charge in [0.05, 0.1) is 27.3 Å². The summed E-state index contributed by atoms with van der Waals surface area (Å²) in [5.41, 5.74) is 1.38. The van der Waals surface area contributed by atoms with Crippen LogP contribution in [-0.2, 0) is 22.2 Å². The average Bonchev–Trinajstić information content (AvgIpc) is 2.75. The fourth-order valence-electron chi connectivity index (χ4n) is 3.23. The van der Waals surface area contributed by atoms with Gasteiger partial charge in [0.2, 0.25) is 5.91 Å². The van der Waals surface area contributed by atoms with Gasteiger partial charge in [0.1, 0.15) is 23.0 Å². The van der Waals surface area contributed by atoms with Crippen molar-refractivity contribution in [3.8, 4) is 11.5 Å². The van der Waals surface area contributed by atoms with Crippen molar-refractivity contribution in [2.75, 3.05) is 37.6 Å². The van der Waals surface area contributed by atoms with Crippen molar-refractivity contribution in [2.45, 2.75) is 51.9 Å². The Bertz CT molecular complexity index is 1030. The molecule has 1 aliphatic rings. The first-order valence-electron chi connectivity index (χ1n) is 10.9. The quantitative estimate of drug-likeness (QED) is 0.423. The number of nitrogens with zero attached hydrogens (tertiary/aromatic N) is 3. The van der Waals surface area contributed by atoms with Crippen molar-refractivity contribution in [3.63, 3.8) is 0 Å². The predicted molar refractivity (Wildman–Crippen MR) is 133 cm³/mol. The molecule has 2 aromatic rings. The van der Waals surface area contributed by atoms with E-state index < -0.39 is 8.32 Å². The van der Waals surface area contributed by atoms with E-state index in [1.54, 1.807) is 25.2 Å². The fraction of sp³-hybridized carbons (Fsp3) is 0.522. The van der Waals surface area contributed by atoms with Crippen LogP contribution >= 0.6 is 11.6 Å². The lowest BCUT2D eigenvalue weighted by Crippen LogP contribution is -2.41. The lowest BCUT2D eigenvalue weighted by Gasteiger charge is -2.36. The van der Waals surface area contributed by atoms with Crippen molar-refractivity contribution in [2.24, 2.45) is 0 Å².